The minimum absolute atomic E-state index is 0.0398. The second kappa shape index (κ2) is 6.68. The van der Waals surface area contributed by atoms with E-state index >= 15 is 0 Å². The van der Waals surface area contributed by atoms with Crippen LogP contribution in [-0.4, -0.2) is 19.0 Å². The van der Waals surface area contributed by atoms with E-state index in [1.54, 1.807) is 17.4 Å². The first-order valence-electron chi connectivity index (χ1n) is 5.25. The predicted octanol–water partition coefficient (Wildman–Crippen LogP) is 4.56. The SMILES string of the molecule is O=C(COCCc1cccs1)c1cc(Cl)sc1Cl. The van der Waals surface area contributed by atoms with Crippen LogP contribution in [0.5, 0.6) is 0 Å². The van der Waals surface area contributed by atoms with Crippen LogP contribution in [0.1, 0.15) is 15.2 Å². The van der Waals surface area contributed by atoms with Gasteiger partial charge in [0, 0.05) is 11.3 Å². The summed E-state index contributed by atoms with van der Waals surface area (Å²) >= 11 is 14.5. The van der Waals surface area contributed by atoms with Gasteiger partial charge in [-0.1, -0.05) is 29.3 Å². The van der Waals surface area contributed by atoms with Gasteiger partial charge in [0.2, 0.25) is 0 Å². The summed E-state index contributed by atoms with van der Waals surface area (Å²) in [6, 6.07) is 5.63. The van der Waals surface area contributed by atoms with Crippen molar-refractivity contribution < 1.29 is 9.53 Å². The fraction of sp³-hybridized carbons (Fsp3) is 0.250. The van der Waals surface area contributed by atoms with Crippen LogP contribution in [0.4, 0.5) is 0 Å². The maximum absolute atomic E-state index is 11.8. The molecule has 0 amide bonds. The number of ketones is 1. The van der Waals surface area contributed by atoms with Crippen LogP contribution in [0.3, 0.4) is 0 Å². The van der Waals surface area contributed by atoms with Gasteiger partial charge in [0.1, 0.15) is 10.9 Å². The molecule has 0 aliphatic heterocycles. The molecule has 0 saturated heterocycles. The first-order chi connectivity index (χ1) is 8.66. The van der Waals surface area contributed by atoms with E-state index in [1.165, 1.54) is 16.2 Å². The van der Waals surface area contributed by atoms with Gasteiger partial charge in [0.15, 0.2) is 5.78 Å². The van der Waals surface area contributed by atoms with Crippen LogP contribution in [0, 0.1) is 0 Å². The number of hydrogen-bond acceptors (Lipinski definition) is 4. The highest BCUT2D eigenvalue weighted by Gasteiger charge is 2.14. The molecule has 0 fully saturated rings. The van der Waals surface area contributed by atoms with Crippen molar-refractivity contribution >= 4 is 51.7 Å². The molecule has 0 radical (unpaired) electrons. The highest BCUT2D eigenvalue weighted by atomic mass is 35.5. The smallest absolute Gasteiger partial charge is 0.190 e. The van der Waals surface area contributed by atoms with Crippen molar-refractivity contribution in [1.82, 2.24) is 0 Å². The summed E-state index contributed by atoms with van der Waals surface area (Å²) in [6.45, 7) is 0.569. The summed E-state index contributed by atoms with van der Waals surface area (Å²) in [7, 11) is 0. The number of hydrogen-bond donors (Lipinski definition) is 0. The monoisotopic (exact) mass is 320 g/mol. The van der Waals surface area contributed by atoms with E-state index in [0.29, 0.717) is 20.8 Å². The van der Waals surface area contributed by atoms with Crippen LogP contribution in [0.15, 0.2) is 23.6 Å². The normalized spacial score (nSPS) is 10.8. The zero-order valence-electron chi connectivity index (χ0n) is 9.32. The molecule has 18 heavy (non-hydrogen) atoms. The molecule has 0 N–H and O–H groups in total. The molecule has 0 atom stereocenters. The Labute approximate surface area is 123 Å². The molecule has 2 heterocycles. The van der Waals surface area contributed by atoms with Gasteiger partial charge in [-0.25, -0.2) is 0 Å². The Hall–Kier alpha value is -0.390. The second-order valence-electron chi connectivity index (χ2n) is 3.54. The fourth-order valence-corrected chi connectivity index (χ4v) is 3.59. The first-order valence-corrected chi connectivity index (χ1v) is 7.70. The van der Waals surface area contributed by atoms with Crippen LogP contribution < -0.4 is 0 Å². The lowest BCUT2D eigenvalue weighted by Crippen LogP contribution is -2.10. The topological polar surface area (TPSA) is 26.3 Å². The molecule has 2 rings (SSSR count). The highest BCUT2D eigenvalue weighted by molar-refractivity contribution is 7.20. The third-order valence-electron chi connectivity index (χ3n) is 2.26. The molecular formula is C12H10Cl2O2S2. The third-order valence-corrected chi connectivity index (χ3v) is 4.69. The van der Waals surface area contributed by atoms with Gasteiger partial charge in [-0.15, -0.1) is 22.7 Å². The van der Waals surface area contributed by atoms with Gasteiger partial charge in [0.05, 0.1) is 16.5 Å². The Bertz CT molecular complexity index is 520. The Morgan fingerprint density at radius 1 is 1.39 bits per heavy atom. The molecule has 0 bridgehead atoms. The number of rotatable bonds is 6. The Morgan fingerprint density at radius 2 is 2.22 bits per heavy atom. The lowest BCUT2D eigenvalue weighted by molar-refractivity contribution is 0.0767. The fourth-order valence-electron chi connectivity index (χ4n) is 1.40. The van der Waals surface area contributed by atoms with E-state index in [2.05, 4.69) is 0 Å². The standard InChI is InChI=1S/C12H10Cl2O2S2/c13-11-6-9(12(14)18-11)10(15)7-16-4-3-8-2-1-5-17-8/h1-2,5-6H,3-4,7H2. The quantitative estimate of drug-likeness (QED) is 0.576. The lowest BCUT2D eigenvalue weighted by Gasteiger charge is -2.01. The van der Waals surface area contributed by atoms with Crippen LogP contribution >= 0.6 is 45.9 Å². The van der Waals surface area contributed by atoms with Crippen LogP contribution in [0.25, 0.3) is 0 Å². The minimum Gasteiger partial charge on any atom is -0.373 e. The molecule has 0 spiro atoms. The van der Waals surface area contributed by atoms with Crippen molar-refractivity contribution in [3.63, 3.8) is 0 Å². The molecule has 0 saturated carbocycles. The summed E-state index contributed by atoms with van der Waals surface area (Å²) in [5, 5.41) is 2.02. The van der Waals surface area contributed by atoms with Gasteiger partial charge >= 0.3 is 0 Å². The van der Waals surface area contributed by atoms with Crippen molar-refractivity contribution in [3.8, 4) is 0 Å². The van der Waals surface area contributed by atoms with E-state index < -0.39 is 0 Å². The van der Waals surface area contributed by atoms with E-state index in [1.807, 2.05) is 17.5 Å². The molecule has 2 nitrogen and oxygen atoms in total. The maximum Gasteiger partial charge on any atom is 0.190 e. The minimum atomic E-state index is -0.130. The Kier molecular flexibility index (Phi) is 5.21. The van der Waals surface area contributed by atoms with E-state index in [0.717, 1.165) is 6.42 Å². The summed E-state index contributed by atoms with van der Waals surface area (Å²) in [5.41, 5.74) is 0.447. The number of thiophene rings is 2. The lowest BCUT2D eigenvalue weighted by atomic mass is 10.2. The molecule has 6 heteroatoms. The van der Waals surface area contributed by atoms with Gasteiger partial charge in [-0.05, 0) is 17.5 Å². The number of carbonyl (C=O) groups is 1. The van der Waals surface area contributed by atoms with Gasteiger partial charge in [-0.3, -0.25) is 4.79 Å². The summed E-state index contributed by atoms with van der Waals surface area (Å²) < 4.78 is 6.29. The van der Waals surface area contributed by atoms with Crippen molar-refractivity contribution in [2.75, 3.05) is 13.2 Å². The molecule has 0 aliphatic carbocycles. The average molecular weight is 321 g/mol. The predicted molar refractivity (Wildman–Crippen MR) is 77.5 cm³/mol. The molecular weight excluding hydrogens is 311 g/mol. The average Bonchev–Trinajstić information content (AvgIpc) is 2.94. The molecule has 0 unspecified atom stereocenters. The van der Waals surface area contributed by atoms with Crippen LogP contribution in [0.2, 0.25) is 8.67 Å². The Balaban J connectivity index is 1.77. The number of halogens is 2. The van der Waals surface area contributed by atoms with Crippen molar-refractivity contribution in [3.05, 3.63) is 42.7 Å². The summed E-state index contributed by atoms with van der Waals surface area (Å²) in [4.78, 5) is 13.0. The number of Topliss-reactive ketones (excluding diaryl/α,β-unsaturated/α-hetero) is 1. The molecule has 2 aromatic heterocycles. The first kappa shape index (κ1) is 14.0. The van der Waals surface area contributed by atoms with Crippen molar-refractivity contribution in [2.24, 2.45) is 0 Å². The molecule has 96 valence electrons. The van der Waals surface area contributed by atoms with Gasteiger partial charge < -0.3 is 4.74 Å². The Morgan fingerprint density at radius 3 is 2.83 bits per heavy atom. The maximum atomic E-state index is 11.8. The highest BCUT2D eigenvalue weighted by Crippen LogP contribution is 2.31. The second-order valence-corrected chi connectivity index (χ2v) is 6.86. The van der Waals surface area contributed by atoms with E-state index in [4.69, 9.17) is 27.9 Å². The van der Waals surface area contributed by atoms with Gasteiger partial charge in [0.25, 0.3) is 0 Å². The summed E-state index contributed by atoms with van der Waals surface area (Å²) in [5.74, 6) is -0.130. The molecule has 0 aromatic carbocycles. The van der Waals surface area contributed by atoms with Gasteiger partial charge in [-0.2, -0.15) is 0 Å². The van der Waals surface area contributed by atoms with E-state index in [-0.39, 0.29) is 12.4 Å². The number of ether oxygens (including phenoxy) is 1. The molecule has 2 aromatic rings. The van der Waals surface area contributed by atoms with Crippen molar-refractivity contribution in [2.45, 2.75) is 6.42 Å². The zero-order chi connectivity index (χ0) is 13.0. The largest absolute Gasteiger partial charge is 0.373 e. The summed E-state index contributed by atoms with van der Waals surface area (Å²) in [6.07, 6.45) is 0.822. The van der Waals surface area contributed by atoms with E-state index in [9.17, 15) is 4.79 Å². The van der Waals surface area contributed by atoms with Crippen molar-refractivity contribution in [1.29, 1.82) is 0 Å². The van der Waals surface area contributed by atoms with Crippen LogP contribution in [-0.2, 0) is 11.2 Å². The third kappa shape index (κ3) is 3.80. The molecule has 0 aliphatic rings. The number of carbonyl (C=O) groups excluding carboxylic acids is 1. The zero-order valence-corrected chi connectivity index (χ0v) is 12.5.